The standard InChI is InChI=1S/C14H18ClN3O2.ClH/c1-16-9-13(19)17(2)12-7-8-18(14(12)20)11-6-4-3-5-10(11)15;/h3-6,12,16H,7-9H2,1-2H3;1H. The molecular formula is C14H19Cl2N3O2. The molecule has 1 unspecified atom stereocenters. The molecule has 116 valence electrons. The molecule has 1 fully saturated rings. The molecule has 2 amide bonds. The summed E-state index contributed by atoms with van der Waals surface area (Å²) in [6.07, 6.45) is 0.621. The highest BCUT2D eigenvalue weighted by atomic mass is 35.5. The van der Waals surface area contributed by atoms with Crippen LogP contribution in [0.2, 0.25) is 5.02 Å². The van der Waals surface area contributed by atoms with E-state index in [1.807, 2.05) is 18.2 Å². The largest absolute Gasteiger partial charge is 0.333 e. The van der Waals surface area contributed by atoms with Gasteiger partial charge in [-0.3, -0.25) is 9.59 Å². The highest BCUT2D eigenvalue weighted by Crippen LogP contribution is 2.30. The molecule has 7 heteroatoms. The predicted molar refractivity (Wildman–Crippen MR) is 86.2 cm³/mol. The van der Waals surface area contributed by atoms with Crippen molar-refractivity contribution in [3.8, 4) is 0 Å². The molecule has 0 aliphatic carbocycles. The van der Waals surface area contributed by atoms with Crippen LogP contribution in [-0.2, 0) is 9.59 Å². The second-order valence-electron chi connectivity index (χ2n) is 4.78. The lowest BCUT2D eigenvalue weighted by Gasteiger charge is -2.24. The summed E-state index contributed by atoms with van der Waals surface area (Å²) in [6.45, 7) is 0.802. The summed E-state index contributed by atoms with van der Waals surface area (Å²) in [5.74, 6) is -0.170. The Bertz CT molecular complexity index is 525. The van der Waals surface area contributed by atoms with Crippen LogP contribution in [0, 0.1) is 0 Å². The van der Waals surface area contributed by atoms with Crippen molar-refractivity contribution >= 4 is 41.5 Å². The second-order valence-corrected chi connectivity index (χ2v) is 5.19. The Kier molecular flexibility index (Phi) is 6.45. The first kappa shape index (κ1) is 17.8. The number of benzene rings is 1. The monoisotopic (exact) mass is 331 g/mol. The maximum Gasteiger partial charge on any atom is 0.249 e. The van der Waals surface area contributed by atoms with E-state index in [4.69, 9.17) is 11.6 Å². The fourth-order valence-corrected chi connectivity index (χ4v) is 2.62. The molecule has 1 atom stereocenters. The number of carbonyl (C=O) groups excluding carboxylic acids is 2. The van der Waals surface area contributed by atoms with E-state index in [1.165, 1.54) is 4.90 Å². The normalized spacial score (nSPS) is 17.6. The van der Waals surface area contributed by atoms with Gasteiger partial charge < -0.3 is 15.1 Å². The van der Waals surface area contributed by atoms with Crippen LogP contribution >= 0.6 is 24.0 Å². The van der Waals surface area contributed by atoms with E-state index in [9.17, 15) is 9.59 Å². The molecule has 1 aromatic carbocycles. The van der Waals surface area contributed by atoms with E-state index in [2.05, 4.69) is 5.32 Å². The van der Waals surface area contributed by atoms with E-state index in [1.54, 1.807) is 25.1 Å². The molecule has 1 heterocycles. The Labute approximate surface area is 135 Å². The maximum absolute atomic E-state index is 12.5. The zero-order valence-corrected chi connectivity index (χ0v) is 13.6. The molecule has 21 heavy (non-hydrogen) atoms. The van der Waals surface area contributed by atoms with Crippen molar-refractivity contribution in [2.24, 2.45) is 0 Å². The average Bonchev–Trinajstić information content (AvgIpc) is 2.80. The van der Waals surface area contributed by atoms with Crippen molar-refractivity contribution in [3.63, 3.8) is 0 Å². The zero-order valence-electron chi connectivity index (χ0n) is 12.0. The highest BCUT2D eigenvalue weighted by molar-refractivity contribution is 6.34. The molecule has 5 nitrogen and oxygen atoms in total. The number of hydrogen-bond acceptors (Lipinski definition) is 3. The fourth-order valence-electron chi connectivity index (χ4n) is 2.38. The van der Waals surface area contributed by atoms with Crippen molar-refractivity contribution in [2.75, 3.05) is 32.1 Å². The summed E-state index contributed by atoms with van der Waals surface area (Å²) >= 11 is 6.12. The lowest BCUT2D eigenvalue weighted by Crippen LogP contribution is -2.45. The third kappa shape index (κ3) is 3.67. The third-order valence-corrected chi connectivity index (χ3v) is 3.83. The number of hydrogen-bond donors (Lipinski definition) is 1. The third-order valence-electron chi connectivity index (χ3n) is 3.51. The average molecular weight is 332 g/mol. The molecule has 0 bridgehead atoms. The number of rotatable bonds is 4. The number of anilines is 1. The van der Waals surface area contributed by atoms with Gasteiger partial charge in [0.2, 0.25) is 11.8 Å². The van der Waals surface area contributed by atoms with E-state index in [0.717, 1.165) is 0 Å². The van der Waals surface area contributed by atoms with Gasteiger partial charge in [0.05, 0.1) is 17.3 Å². The van der Waals surface area contributed by atoms with Crippen LogP contribution in [0.4, 0.5) is 5.69 Å². The summed E-state index contributed by atoms with van der Waals surface area (Å²) in [5, 5.41) is 3.35. The van der Waals surface area contributed by atoms with Crippen LogP contribution in [0.3, 0.4) is 0 Å². The number of para-hydroxylation sites is 1. The van der Waals surface area contributed by atoms with E-state index >= 15 is 0 Å². The van der Waals surface area contributed by atoms with Crippen LogP contribution in [0.15, 0.2) is 24.3 Å². The molecule has 0 saturated carbocycles. The van der Waals surface area contributed by atoms with Gasteiger partial charge in [-0.1, -0.05) is 23.7 Å². The molecule has 2 rings (SSSR count). The van der Waals surface area contributed by atoms with Gasteiger partial charge in [0.25, 0.3) is 0 Å². The van der Waals surface area contributed by atoms with E-state index < -0.39 is 6.04 Å². The molecule has 1 aromatic rings. The first-order chi connectivity index (χ1) is 9.56. The first-order valence-corrected chi connectivity index (χ1v) is 6.90. The summed E-state index contributed by atoms with van der Waals surface area (Å²) in [7, 11) is 3.37. The number of halogens is 2. The van der Waals surface area contributed by atoms with Gasteiger partial charge in [-0.15, -0.1) is 12.4 Å². The SMILES string of the molecule is CNCC(=O)N(C)C1CCN(c2ccccc2Cl)C1=O.Cl. The maximum atomic E-state index is 12.5. The fraction of sp³-hybridized carbons (Fsp3) is 0.429. The number of nitrogens with zero attached hydrogens (tertiary/aromatic N) is 2. The van der Waals surface area contributed by atoms with Gasteiger partial charge in [0, 0.05) is 13.6 Å². The number of amides is 2. The molecule has 1 aliphatic heterocycles. The van der Waals surface area contributed by atoms with Crippen LogP contribution in [0.1, 0.15) is 6.42 Å². The van der Waals surface area contributed by atoms with Crippen LogP contribution in [-0.4, -0.2) is 49.9 Å². The van der Waals surface area contributed by atoms with Crippen molar-refractivity contribution in [1.29, 1.82) is 0 Å². The number of nitrogens with one attached hydrogen (secondary N) is 1. The van der Waals surface area contributed by atoms with Gasteiger partial charge in [-0.2, -0.15) is 0 Å². The second kappa shape index (κ2) is 7.64. The summed E-state index contributed by atoms with van der Waals surface area (Å²) in [6, 6.07) is 6.84. The van der Waals surface area contributed by atoms with Crippen molar-refractivity contribution in [3.05, 3.63) is 29.3 Å². The van der Waals surface area contributed by atoms with E-state index in [-0.39, 0.29) is 30.8 Å². The lowest BCUT2D eigenvalue weighted by atomic mass is 10.2. The Balaban J connectivity index is 0.00000220. The minimum absolute atomic E-state index is 0. The Morgan fingerprint density at radius 1 is 1.48 bits per heavy atom. The first-order valence-electron chi connectivity index (χ1n) is 6.52. The summed E-state index contributed by atoms with van der Waals surface area (Å²) in [4.78, 5) is 27.5. The summed E-state index contributed by atoms with van der Waals surface area (Å²) < 4.78 is 0. The lowest BCUT2D eigenvalue weighted by molar-refractivity contribution is -0.135. The molecule has 1 aliphatic rings. The van der Waals surface area contributed by atoms with Gasteiger partial charge >= 0.3 is 0 Å². The van der Waals surface area contributed by atoms with E-state index in [0.29, 0.717) is 23.7 Å². The molecule has 0 spiro atoms. The topological polar surface area (TPSA) is 52.7 Å². The van der Waals surface area contributed by atoms with Gasteiger partial charge in [-0.25, -0.2) is 0 Å². The summed E-state index contributed by atoms with van der Waals surface area (Å²) in [5.41, 5.74) is 0.705. The Morgan fingerprint density at radius 2 is 2.14 bits per heavy atom. The number of likely N-dealkylation sites (N-methyl/N-ethyl adjacent to an activating group) is 2. The molecule has 1 N–H and O–H groups in total. The predicted octanol–water partition coefficient (Wildman–Crippen LogP) is 1.54. The molecule has 1 saturated heterocycles. The zero-order chi connectivity index (χ0) is 14.7. The van der Waals surface area contributed by atoms with Crippen molar-refractivity contribution < 1.29 is 9.59 Å². The van der Waals surface area contributed by atoms with Crippen LogP contribution < -0.4 is 10.2 Å². The smallest absolute Gasteiger partial charge is 0.249 e. The molecular weight excluding hydrogens is 313 g/mol. The van der Waals surface area contributed by atoms with Crippen molar-refractivity contribution in [2.45, 2.75) is 12.5 Å². The Hall–Kier alpha value is -1.30. The Morgan fingerprint density at radius 3 is 2.76 bits per heavy atom. The molecule has 0 radical (unpaired) electrons. The minimum atomic E-state index is -0.410. The van der Waals surface area contributed by atoms with Gasteiger partial charge in [0.15, 0.2) is 0 Å². The van der Waals surface area contributed by atoms with Gasteiger partial charge in [0.1, 0.15) is 6.04 Å². The number of carbonyl (C=O) groups is 2. The highest BCUT2D eigenvalue weighted by Gasteiger charge is 2.37. The van der Waals surface area contributed by atoms with Gasteiger partial charge in [-0.05, 0) is 25.6 Å². The van der Waals surface area contributed by atoms with Crippen LogP contribution in [0.25, 0.3) is 0 Å². The van der Waals surface area contributed by atoms with Crippen LogP contribution in [0.5, 0.6) is 0 Å². The molecule has 0 aromatic heterocycles. The quantitative estimate of drug-likeness (QED) is 0.910. The minimum Gasteiger partial charge on any atom is -0.333 e. The van der Waals surface area contributed by atoms with Crippen molar-refractivity contribution in [1.82, 2.24) is 10.2 Å².